The van der Waals surface area contributed by atoms with E-state index in [-0.39, 0.29) is 33.4 Å². The molecule has 0 aliphatic carbocycles. The molecule has 0 radical (unpaired) electrons. The van der Waals surface area contributed by atoms with Crippen molar-refractivity contribution in [2.75, 3.05) is 31.3 Å². The summed E-state index contributed by atoms with van der Waals surface area (Å²) in [6.07, 6.45) is 3.93. The minimum Gasteiger partial charge on any atom is -0.585 e. The molecule has 1 aromatic carbocycles. The van der Waals surface area contributed by atoms with Gasteiger partial charge in [-0.05, 0) is 63.0 Å². The Labute approximate surface area is 204 Å². The molecule has 0 saturated carbocycles. The van der Waals surface area contributed by atoms with Crippen molar-refractivity contribution in [3.63, 3.8) is 0 Å². The first-order valence-corrected chi connectivity index (χ1v) is 11.4. The van der Waals surface area contributed by atoms with Crippen molar-refractivity contribution in [2.45, 2.75) is 58.9 Å². The number of rotatable bonds is 9. The van der Waals surface area contributed by atoms with Gasteiger partial charge in [-0.15, -0.1) is 0 Å². The Morgan fingerprint density at radius 3 is 2.47 bits per heavy atom. The van der Waals surface area contributed by atoms with Gasteiger partial charge < -0.3 is 21.0 Å². The summed E-state index contributed by atoms with van der Waals surface area (Å²) in [4.78, 5) is 28.2. The summed E-state index contributed by atoms with van der Waals surface area (Å²) in [6, 6.07) is 5.21. The molecule has 2 rings (SSSR count). The van der Waals surface area contributed by atoms with Crippen LogP contribution in [-0.2, 0) is 37.1 Å². The molecule has 3 N–H and O–H groups in total. The second-order valence-corrected chi connectivity index (χ2v) is 6.93. The maximum Gasteiger partial charge on any atom is 0.226 e. The summed E-state index contributed by atoms with van der Waals surface area (Å²) in [6.45, 7) is 7.10. The number of aryl methyl sites for hydroxylation is 1. The van der Waals surface area contributed by atoms with Crippen LogP contribution in [0.2, 0.25) is 0 Å². The Morgan fingerprint density at radius 2 is 1.93 bits per heavy atom. The molecule has 0 bridgehead atoms. The summed E-state index contributed by atoms with van der Waals surface area (Å²) in [5.41, 5.74) is 6.00. The minimum atomic E-state index is -0.646. The van der Waals surface area contributed by atoms with Crippen molar-refractivity contribution < 1.29 is 35.5 Å². The van der Waals surface area contributed by atoms with E-state index in [1.807, 2.05) is 46.1 Å². The third kappa shape index (κ3) is 12.7. The van der Waals surface area contributed by atoms with E-state index in [0.29, 0.717) is 12.2 Å². The van der Waals surface area contributed by atoms with Gasteiger partial charge in [0.15, 0.2) is 0 Å². The Hall–Kier alpha value is -0.952. The van der Waals surface area contributed by atoms with Crippen LogP contribution in [-0.4, -0.2) is 43.8 Å². The third-order valence-corrected chi connectivity index (χ3v) is 4.68. The number of benzene rings is 1. The summed E-state index contributed by atoms with van der Waals surface area (Å²) in [5, 5.41) is 9.59. The summed E-state index contributed by atoms with van der Waals surface area (Å²) < 4.78 is 0. The fraction of sp³-hybridized carbons (Fsp3) is 0.619. The largest absolute Gasteiger partial charge is 0.585 e. The fourth-order valence-corrected chi connectivity index (χ4v) is 2.38. The molecule has 30 heavy (non-hydrogen) atoms. The number of imide groups is 1. The first kappa shape index (κ1) is 31.2. The fourth-order valence-electron chi connectivity index (χ4n) is 2.38. The van der Waals surface area contributed by atoms with Crippen molar-refractivity contribution in [2.24, 2.45) is 0 Å². The van der Waals surface area contributed by atoms with Gasteiger partial charge >= 0.3 is 0 Å². The van der Waals surface area contributed by atoms with Crippen LogP contribution in [0.4, 0.5) is 5.69 Å². The monoisotopic (exact) mass is 655 g/mol. The van der Waals surface area contributed by atoms with Gasteiger partial charge in [0.25, 0.3) is 0 Å². The number of amides is 2. The first-order valence-electron chi connectivity index (χ1n) is 10.3. The second-order valence-electron chi connectivity index (χ2n) is 6.14. The number of halogens is 1. The quantitative estimate of drug-likeness (QED) is 0.161. The third-order valence-electron chi connectivity index (χ3n) is 3.88. The molecule has 1 saturated heterocycles. The van der Waals surface area contributed by atoms with Gasteiger partial charge in [-0.2, -0.15) is 0 Å². The predicted molar refractivity (Wildman–Crippen MR) is 124 cm³/mol. The van der Waals surface area contributed by atoms with Crippen LogP contribution >= 0.6 is 15.9 Å². The topological polar surface area (TPSA) is 93.6 Å². The van der Waals surface area contributed by atoms with E-state index in [0.717, 1.165) is 30.4 Å². The SMILES string of the molecule is CC.CCCBr.CNCCCc1ccc(O[N-]C2CCC(=O)NC2=O)c(NC)c1.[W]. The second kappa shape index (κ2) is 20.0. The van der Waals surface area contributed by atoms with Crippen LogP contribution in [0.3, 0.4) is 0 Å². The summed E-state index contributed by atoms with van der Waals surface area (Å²) in [7, 11) is 3.75. The maximum absolute atomic E-state index is 11.7. The molecule has 1 atom stereocenters. The molecule has 1 aliphatic rings. The van der Waals surface area contributed by atoms with E-state index >= 15 is 0 Å². The van der Waals surface area contributed by atoms with E-state index in [1.54, 1.807) is 0 Å². The zero-order valence-corrected chi connectivity index (χ0v) is 23.2. The van der Waals surface area contributed by atoms with Gasteiger partial charge in [-0.25, -0.2) is 0 Å². The van der Waals surface area contributed by atoms with Crippen molar-refractivity contribution in [3.8, 4) is 5.75 Å². The standard InChI is InChI=1S/C16H23N4O3.C3H7Br.C2H6.W/c1-17-9-3-4-11-5-7-14(13(10-11)18-2)23-20-12-6-8-15(21)19-16(12)22;1-2-3-4;1-2;/h5,7,10,12,17-18H,3-4,6,8-9H2,1-2H3,(H,19,21,22);2-3H2,1H3;1-2H3;/q-1;;;. The van der Waals surface area contributed by atoms with Crippen LogP contribution in [0.25, 0.3) is 5.48 Å². The van der Waals surface area contributed by atoms with Gasteiger partial charge in [-0.3, -0.25) is 14.9 Å². The molecule has 1 fully saturated rings. The average molecular weight is 656 g/mol. The van der Waals surface area contributed by atoms with Gasteiger partial charge in [0.05, 0.1) is 5.69 Å². The summed E-state index contributed by atoms with van der Waals surface area (Å²) >= 11 is 3.25. The molecule has 2 amide bonds. The molecule has 1 aromatic rings. The maximum atomic E-state index is 11.7. The van der Waals surface area contributed by atoms with Crippen molar-refractivity contribution in [1.82, 2.24) is 10.6 Å². The van der Waals surface area contributed by atoms with Crippen LogP contribution in [0, 0.1) is 0 Å². The Bertz CT molecular complexity index is 604. The number of hydroxylamine groups is 1. The number of anilines is 1. The van der Waals surface area contributed by atoms with Crippen LogP contribution in [0.1, 0.15) is 52.0 Å². The smallest absolute Gasteiger partial charge is 0.226 e. The number of carbonyl (C=O) groups excluding carboxylic acids is 2. The average Bonchev–Trinajstić information content (AvgIpc) is 2.75. The van der Waals surface area contributed by atoms with Crippen molar-refractivity contribution in [3.05, 3.63) is 29.2 Å². The number of alkyl halides is 1. The number of nitrogens with one attached hydrogen (secondary N) is 3. The Balaban J connectivity index is 0. The molecule has 172 valence electrons. The van der Waals surface area contributed by atoms with Crippen LogP contribution in [0.15, 0.2) is 18.2 Å². The molecule has 7 nitrogen and oxygen atoms in total. The van der Waals surface area contributed by atoms with E-state index in [1.165, 1.54) is 12.0 Å². The zero-order valence-electron chi connectivity index (χ0n) is 18.7. The number of carbonyl (C=O) groups is 2. The molecule has 1 unspecified atom stereocenters. The van der Waals surface area contributed by atoms with E-state index in [2.05, 4.69) is 44.3 Å². The van der Waals surface area contributed by atoms with E-state index < -0.39 is 11.9 Å². The van der Waals surface area contributed by atoms with E-state index in [9.17, 15) is 9.59 Å². The van der Waals surface area contributed by atoms with Gasteiger partial charge in [0.2, 0.25) is 11.8 Å². The molecule has 1 heterocycles. The van der Waals surface area contributed by atoms with Crippen molar-refractivity contribution >= 4 is 33.4 Å². The van der Waals surface area contributed by atoms with Crippen LogP contribution < -0.4 is 20.8 Å². The Morgan fingerprint density at radius 1 is 1.27 bits per heavy atom. The number of hydrogen-bond acceptors (Lipinski definition) is 5. The van der Waals surface area contributed by atoms with Crippen LogP contribution in [0.5, 0.6) is 5.75 Å². The molecule has 9 heteroatoms. The predicted octanol–water partition coefficient (Wildman–Crippen LogP) is 4.17. The number of nitrogens with zero attached hydrogens (tertiary/aromatic N) is 1. The van der Waals surface area contributed by atoms with Gasteiger partial charge in [-0.1, -0.05) is 42.8 Å². The van der Waals surface area contributed by atoms with Gasteiger partial charge in [0.1, 0.15) is 5.75 Å². The molecular formula is C21H36BrN4O3W-. The minimum absolute atomic E-state index is 0. The Kier molecular flexibility index (Phi) is 20.8. The zero-order chi connectivity index (χ0) is 22.1. The van der Waals surface area contributed by atoms with E-state index in [4.69, 9.17) is 4.84 Å². The molecule has 0 spiro atoms. The van der Waals surface area contributed by atoms with Crippen molar-refractivity contribution in [1.29, 1.82) is 0 Å². The molecule has 1 aliphatic heterocycles. The van der Waals surface area contributed by atoms with Gasteiger partial charge in [0, 0.05) is 39.9 Å². The normalized spacial score (nSPS) is 14.8. The number of hydrogen-bond donors (Lipinski definition) is 3. The number of piperidine rings is 1. The molecular weight excluding hydrogens is 620 g/mol. The summed E-state index contributed by atoms with van der Waals surface area (Å²) in [5.74, 6) is -0.103. The molecule has 0 aromatic heterocycles. The first-order chi connectivity index (χ1) is 14.0.